The van der Waals surface area contributed by atoms with Gasteiger partial charge in [0.15, 0.2) is 5.65 Å². The second-order valence-corrected chi connectivity index (χ2v) is 8.77. The first-order valence-corrected chi connectivity index (χ1v) is 12.0. The summed E-state index contributed by atoms with van der Waals surface area (Å²) in [7, 11) is 2.43. The Balaban J connectivity index is 1.78. The molecule has 1 aliphatic heterocycles. The molecule has 1 unspecified atom stereocenters. The van der Waals surface area contributed by atoms with Crippen molar-refractivity contribution in [2.75, 3.05) is 19.1 Å². The van der Waals surface area contributed by atoms with Gasteiger partial charge in [0.25, 0.3) is 0 Å². The molecule has 1 aliphatic rings. The number of fused-ring (bicyclic) bond motifs is 1. The monoisotopic (exact) mass is 520 g/mol. The Morgan fingerprint density at radius 2 is 1.74 bits per heavy atom. The van der Waals surface area contributed by atoms with Crippen LogP contribution in [0.2, 0.25) is 0 Å². The van der Waals surface area contributed by atoms with E-state index >= 15 is 0 Å². The molecule has 10 heteroatoms. The van der Waals surface area contributed by atoms with Crippen LogP contribution in [0.25, 0.3) is 16.9 Å². The number of anilines is 1. The first-order valence-electron chi connectivity index (χ1n) is 12.0. The molecular formula is C29H24N6O4. The first-order chi connectivity index (χ1) is 18.9. The van der Waals surface area contributed by atoms with Gasteiger partial charge < -0.3 is 15.2 Å². The number of hydrogen-bond acceptors (Lipinski definition) is 9. The Hall–Kier alpha value is -5.43. The molecule has 0 fully saturated rings. The highest BCUT2D eigenvalue weighted by molar-refractivity contribution is 6.06. The quantitative estimate of drug-likeness (QED) is 0.391. The molecule has 5 rings (SSSR count). The van der Waals surface area contributed by atoms with E-state index in [1.807, 2.05) is 31.2 Å². The summed E-state index contributed by atoms with van der Waals surface area (Å²) in [5.74, 6) is -2.54. The molecule has 0 radical (unpaired) electrons. The molecule has 2 aromatic carbocycles. The molecule has 0 saturated carbocycles. The molecule has 0 aliphatic carbocycles. The van der Waals surface area contributed by atoms with Gasteiger partial charge in [-0.05, 0) is 30.7 Å². The van der Waals surface area contributed by atoms with Crippen LogP contribution < -0.4 is 10.6 Å². The normalized spacial score (nSPS) is 15.3. The lowest BCUT2D eigenvalue weighted by molar-refractivity contribution is -0.139. The van der Waals surface area contributed by atoms with Crippen LogP contribution in [-0.2, 0) is 19.1 Å². The smallest absolute Gasteiger partial charge is 0.355 e. The average Bonchev–Trinajstić information content (AvgIpc) is 3.36. The molecule has 2 aromatic heterocycles. The third-order valence-corrected chi connectivity index (χ3v) is 6.49. The van der Waals surface area contributed by atoms with Crippen molar-refractivity contribution in [3.05, 3.63) is 107 Å². The van der Waals surface area contributed by atoms with Crippen molar-refractivity contribution in [2.24, 2.45) is 5.73 Å². The average molecular weight is 521 g/mol. The maximum atomic E-state index is 13.3. The number of ether oxygens (including phenoxy) is 2. The van der Waals surface area contributed by atoms with Gasteiger partial charge in [0.2, 0.25) is 0 Å². The van der Waals surface area contributed by atoms with Crippen molar-refractivity contribution in [2.45, 2.75) is 12.8 Å². The molecule has 39 heavy (non-hydrogen) atoms. The standard InChI is InChI=1S/C29H24N6O4/c1-17-14-23-32-13-12-22(35(23)33-17)19-10-7-11-20(15-19)34-26(29(37)39-3)25(28(36)38-2)24(21(16-30)27(34)31)18-8-5-4-6-9-18/h4-15,24H,31H2,1-3H3. The minimum atomic E-state index is -0.941. The third kappa shape index (κ3) is 4.26. The molecule has 0 bridgehead atoms. The van der Waals surface area contributed by atoms with Crippen LogP contribution >= 0.6 is 0 Å². The summed E-state index contributed by atoms with van der Waals surface area (Å²) in [5, 5.41) is 14.8. The number of aryl methyl sites for hydroxylation is 1. The lowest BCUT2D eigenvalue weighted by Crippen LogP contribution is -2.40. The van der Waals surface area contributed by atoms with Crippen LogP contribution in [0.3, 0.4) is 0 Å². The van der Waals surface area contributed by atoms with Gasteiger partial charge in [0.1, 0.15) is 11.5 Å². The zero-order valence-electron chi connectivity index (χ0n) is 21.5. The van der Waals surface area contributed by atoms with Crippen molar-refractivity contribution in [1.82, 2.24) is 14.6 Å². The van der Waals surface area contributed by atoms with Crippen LogP contribution in [0.4, 0.5) is 5.69 Å². The predicted octanol–water partition coefficient (Wildman–Crippen LogP) is 3.60. The fourth-order valence-electron chi connectivity index (χ4n) is 4.81. The van der Waals surface area contributed by atoms with E-state index in [9.17, 15) is 14.9 Å². The zero-order chi connectivity index (χ0) is 27.7. The van der Waals surface area contributed by atoms with Crippen LogP contribution in [0.15, 0.2) is 95.6 Å². The van der Waals surface area contributed by atoms with E-state index in [1.165, 1.54) is 19.1 Å². The van der Waals surface area contributed by atoms with Gasteiger partial charge in [-0.1, -0.05) is 42.5 Å². The highest BCUT2D eigenvalue weighted by Crippen LogP contribution is 2.43. The second-order valence-electron chi connectivity index (χ2n) is 8.77. The number of methoxy groups -OCH3 is 2. The molecule has 3 heterocycles. The number of rotatable bonds is 5. The summed E-state index contributed by atoms with van der Waals surface area (Å²) in [6.07, 6.45) is 1.68. The van der Waals surface area contributed by atoms with Gasteiger partial charge in [-0.15, -0.1) is 0 Å². The maximum absolute atomic E-state index is 13.3. The minimum absolute atomic E-state index is 0.00800. The molecule has 194 valence electrons. The summed E-state index contributed by atoms with van der Waals surface area (Å²) < 4.78 is 11.9. The van der Waals surface area contributed by atoms with Crippen LogP contribution in [0.5, 0.6) is 0 Å². The summed E-state index contributed by atoms with van der Waals surface area (Å²) in [6, 6.07) is 21.9. The molecule has 1 atom stereocenters. The van der Waals surface area contributed by atoms with Gasteiger partial charge >= 0.3 is 11.9 Å². The van der Waals surface area contributed by atoms with E-state index in [0.29, 0.717) is 16.9 Å². The van der Waals surface area contributed by atoms with Gasteiger partial charge in [-0.3, -0.25) is 4.90 Å². The number of esters is 2. The Kier molecular flexibility index (Phi) is 6.56. The van der Waals surface area contributed by atoms with Crippen molar-refractivity contribution in [3.63, 3.8) is 0 Å². The Morgan fingerprint density at radius 1 is 1.00 bits per heavy atom. The van der Waals surface area contributed by atoms with Gasteiger partial charge in [0.05, 0.1) is 48.7 Å². The van der Waals surface area contributed by atoms with E-state index < -0.39 is 17.9 Å². The second kappa shape index (κ2) is 10.1. The molecule has 0 spiro atoms. The number of nitrogens with two attached hydrogens (primary N) is 1. The Morgan fingerprint density at radius 3 is 2.44 bits per heavy atom. The fourth-order valence-corrected chi connectivity index (χ4v) is 4.81. The van der Waals surface area contributed by atoms with E-state index in [0.717, 1.165) is 17.0 Å². The van der Waals surface area contributed by atoms with E-state index in [4.69, 9.17) is 15.2 Å². The lowest BCUT2D eigenvalue weighted by Gasteiger charge is -2.36. The minimum Gasteiger partial charge on any atom is -0.466 e. The fraction of sp³-hybridized carbons (Fsp3) is 0.138. The van der Waals surface area contributed by atoms with Gasteiger partial charge in [-0.25, -0.2) is 19.1 Å². The van der Waals surface area contributed by atoms with E-state index in [2.05, 4.69) is 16.2 Å². The number of aromatic nitrogens is 3. The highest BCUT2D eigenvalue weighted by atomic mass is 16.5. The van der Waals surface area contributed by atoms with Crippen LogP contribution in [0.1, 0.15) is 17.2 Å². The number of carbonyl (C=O) groups excluding carboxylic acids is 2. The molecule has 0 saturated heterocycles. The van der Waals surface area contributed by atoms with Crippen molar-refractivity contribution in [3.8, 4) is 17.3 Å². The largest absolute Gasteiger partial charge is 0.466 e. The first kappa shape index (κ1) is 25.2. The maximum Gasteiger partial charge on any atom is 0.355 e. The Bertz CT molecular complexity index is 1710. The molecule has 4 aromatic rings. The van der Waals surface area contributed by atoms with Crippen LogP contribution in [0, 0.1) is 18.3 Å². The van der Waals surface area contributed by atoms with Gasteiger partial charge in [-0.2, -0.15) is 10.4 Å². The SMILES string of the molecule is COC(=O)C1=C(C(=O)OC)N(c2cccc(-c3ccnc4cc(C)nn34)c2)C(N)=C(C#N)C1c1ccccc1. The third-order valence-electron chi connectivity index (χ3n) is 6.49. The van der Waals surface area contributed by atoms with Crippen molar-refractivity contribution >= 4 is 23.3 Å². The number of carbonyl (C=O) groups is 2. The zero-order valence-corrected chi connectivity index (χ0v) is 21.5. The summed E-state index contributed by atoms with van der Waals surface area (Å²) in [5.41, 5.74) is 10.5. The Labute approximate surface area is 224 Å². The van der Waals surface area contributed by atoms with Crippen LogP contribution in [-0.4, -0.2) is 40.8 Å². The van der Waals surface area contributed by atoms with E-state index in [1.54, 1.807) is 53.2 Å². The molecule has 10 nitrogen and oxygen atoms in total. The predicted molar refractivity (Wildman–Crippen MR) is 143 cm³/mol. The molecular weight excluding hydrogens is 496 g/mol. The highest BCUT2D eigenvalue weighted by Gasteiger charge is 2.43. The number of nitriles is 1. The molecule has 0 amide bonds. The van der Waals surface area contributed by atoms with Crippen molar-refractivity contribution < 1.29 is 19.1 Å². The number of nitrogens with zero attached hydrogens (tertiary/aromatic N) is 5. The number of benzene rings is 2. The number of hydrogen-bond donors (Lipinski definition) is 1. The summed E-state index contributed by atoms with van der Waals surface area (Å²) >= 11 is 0. The summed E-state index contributed by atoms with van der Waals surface area (Å²) in [6.45, 7) is 1.88. The topological polar surface area (TPSA) is 136 Å². The summed E-state index contributed by atoms with van der Waals surface area (Å²) in [4.78, 5) is 32.3. The lowest BCUT2D eigenvalue weighted by atomic mass is 9.81. The van der Waals surface area contributed by atoms with Gasteiger partial charge in [0, 0.05) is 23.5 Å². The van der Waals surface area contributed by atoms with E-state index in [-0.39, 0.29) is 22.7 Å². The molecule has 2 N–H and O–H groups in total. The van der Waals surface area contributed by atoms with Crippen molar-refractivity contribution in [1.29, 1.82) is 5.26 Å². The number of allylic oxidation sites excluding steroid dienone is 1.